The topological polar surface area (TPSA) is 17.1 Å². The SMILES string of the molecule is O=Cc1ccc(-c2ccc(-c3cccs3)s2)s1. The van der Waals surface area contributed by atoms with Gasteiger partial charge in [-0.05, 0) is 35.7 Å². The number of hydrogen-bond acceptors (Lipinski definition) is 4. The standard InChI is InChI=1S/C13H8OS3/c14-8-9-3-4-12(16-9)13-6-5-11(17-13)10-2-1-7-15-10/h1-8H. The van der Waals surface area contributed by atoms with Crippen molar-refractivity contribution in [1.29, 1.82) is 0 Å². The summed E-state index contributed by atoms with van der Waals surface area (Å²) in [6, 6.07) is 12.4. The first-order valence-electron chi connectivity index (χ1n) is 5.06. The van der Waals surface area contributed by atoms with E-state index in [1.165, 1.54) is 19.5 Å². The summed E-state index contributed by atoms with van der Waals surface area (Å²) in [4.78, 5) is 16.4. The second-order valence-corrected chi connectivity index (χ2v) is 6.61. The summed E-state index contributed by atoms with van der Waals surface area (Å²) < 4.78 is 0. The third-order valence-electron chi connectivity index (χ3n) is 2.36. The van der Waals surface area contributed by atoms with Crippen molar-refractivity contribution >= 4 is 40.3 Å². The fourth-order valence-electron chi connectivity index (χ4n) is 1.57. The first-order valence-corrected chi connectivity index (χ1v) is 7.57. The van der Waals surface area contributed by atoms with Crippen molar-refractivity contribution in [3.63, 3.8) is 0 Å². The van der Waals surface area contributed by atoms with Crippen LogP contribution in [-0.2, 0) is 0 Å². The van der Waals surface area contributed by atoms with E-state index in [4.69, 9.17) is 0 Å². The Hall–Kier alpha value is -1.23. The fraction of sp³-hybridized carbons (Fsp3) is 0. The number of thiophene rings is 3. The molecule has 84 valence electrons. The highest BCUT2D eigenvalue weighted by molar-refractivity contribution is 7.26. The molecule has 0 aliphatic heterocycles. The van der Waals surface area contributed by atoms with Crippen LogP contribution in [0.25, 0.3) is 19.5 Å². The normalized spacial score (nSPS) is 10.6. The number of carbonyl (C=O) groups excluding carboxylic acids is 1. The molecule has 0 fully saturated rings. The minimum absolute atomic E-state index is 0.783. The number of aldehydes is 1. The van der Waals surface area contributed by atoms with E-state index >= 15 is 0 Å². The molecule has 3 aromatic rings. The van der Waals surface area contributed by atoms with E-state index in [9.17, 15) is 4.79 Å². The third kappa shape index (κ3) is 2.11. The van der Waals surface area contributed by atoms with Crippen LogP contribution in [0.5, 0.6) is 0 Å². The molecule has 0 spiro atoms. The zero-order valence-electron chi connectivity index (χ0n) is 8.75. The lowest BCUT2D eigenvalue weighted by Crippen LogP contribution is -1.62. The summed E-state index contributed by atoms with van der Waals surface area (Å²) in [5.74, 6) is 0. The Morgan fingerprint density at radius 3 is 2.18 bits per heavy atom. The van der Waals surface area contributed by atoms with Gasteiger partial charge < -0.3 is 0 Å². The van der Waals surface area contributed by atoms with Crippen molar-refractivity contribution < 1.29 is 4.79 Å². The lowest BCUT2D eigenvalue weighted by atomic mass is 10.3. The molecular weight excluding hydrogens is 268 g/mol. The molecule has 0 N–H and O–H groups in total. The van der Waals surface area contributed by atoms with Crippen molar-refractivity contribution in [2.75, 3.05) is 0 Å². The molecule has 4 heteroatoms. The molecule has 3 rings (SSSR count). The lowest BCUT2D eigenvalue weighted by Gasteiger charge is -1.89. The average molecular weight is 276 g/mol. The van der Waals surface area contributed by atoms with Crippen molar-refractivity contribution in [2.45, 2.75) is 0 Å². The minimum atomic E-state index is 0.783. The first kappa shape index (κ1) is 10.9. The van der Waals surface area contributed by atoms with Gasteiger partial charge in [0.15, 0.2) is 6.29 Å². The molecule has 0 aliphatic rings. The van der Waals surface area contributed by atoms with Crippen molar-refractivity contribution in [3.8, 4) is 19.5 Å². The van der Waals surface area contributed by atoms with Crippen LogP contribution in [0.2, 0.25) is 0 Å². The van der Waals surface area contributed by atoms with Crippen LogP contribution >= 0.6 is 34.0 Å². The number of carbonyl (C=O) groups is 1. The fourth-order valence-corrected chi connectivity index (χ4v) is 4.32. The molecule has 0 unspecified atom stereocenters. The maximum atomic E-state index is 10.7. The highest BCUT2D eigenvalue weighted by atomic mass is 32.1. The van der Waals surface area contributed by atoms with E-state index in [-0.39, 0.29) is 0 Å². The zero-order valence-corrected chi connectivity index (χ0v) is 11.2. The Morgan fingerprint density at radius 1 is 0.824 bits per heavy atom. The predicted molar refractivity (Wildman–Crippen MR) is 76.3 cm³/mol. The summed E-state index contributed by atoms with van der Waals surface area (Å²) in [5.41, 5.74) is 0. The van der Waals surface area contributed by atoms with Crippen molar-refractivity contribution in [2.24, 2.45) is 0 Å². The van der Waals surface area contributed by atoms with Crippen LogP contribution in [0.1, 0.15) is 9.67 Å². The van der Waals surface area contributed by atoms with E-state index in [0.717, 1.165) is 11.2 Å². The number of hydrogen-bond donors (Lipinski definition) is 0. The van der Waals surface area contributed by atoms with Crippen molar-refractivity contribution in [1.82, 2.24) is 0 Å². The molecule has 3 aromatic heterocycles. The third-order valence-corrected chi connectivity index (χ3v) is 5.71. The van der Waals surface area contributed by atoms with Crippen molar-refractivity contribution in [3.05, 3.63) is 46.7 Å². The molecule has 0 aromatic carbocycles. The largest absolute Gasteiger partial charge is 0.297 e. The average Bonchev–Trinajstić information content (AvgIpc) is 3.09. The van der Waals surface area contributed by atoms with E-state index in [0.29, 0.717) is 0 Å². The van der Waals surface area contributed by atoms with Gasteiger partial charge in [-0.2, -0.15) is 0 Å². The minimum Gasteiger partial charge on any atom is -0.297 e. The zero-order chi connectivity index (χ0) is 11.7. The summed E-state index contributed by atoms with van der Waals surface area (Å²) in [6.45, 7) is 0. The van der Waals surface area contributed by atoms with Gasteiger partial charge in [0, 0.05) is 19.5 Å². The second-order valence-electron chi connectivity index (χ2n) is 3.46. The van der Waals surface area contributed by atoms with E-state index < -0.39 is 0 Å². The van der Waals surface area contributed by atoms with Crippen LogP contribution in [0, 0.1) is 0 Å². The summed E-state index contributed by atoms with van der Waals surface area (Å²) in [7, 11) is 0. The van der Waals surface area contributed by atoms with Crippen LogP contribution < -0.4 is 0 Å². The van der Waals surface area contributed by atoms with Gasteiger partial charge in [-0.3, -0.25) is 4.79 Å². The summed E-state index contributed by atoms with van der Waals surface area (Å²) >= 11 is 5.07. The van der Waals surface area contributed by atoms with Gasteiger partial charge in [0.05, 0.1) is 4.88 Å². The van der Waals surface area contributed by atoms with E-state index in [1.807, 2.05) is 12.1 Å². The smallest absolute Gasteiger partial charge is 0.160 e. The molecule has 0 bridgehead atoms. The van der Waals surface area contributed by atoms with Gasteiger partial charge in [-0.1, -0.05) is 6.07 Å². The predicted octanol–water partition coefficient (Wildman–Crippen LogP) is 5.02. The maximum absolute atomic E-state index is 10.7. The monoisotopic (exact) mass is 276 g/mol. The lowest BCUT2D eigenvalue weighted by molar-refractivity contribution is 0.112. The van der Waals surface area contributed by atoms with Crippen LogP contribution in [0.3, 0.4) is 0 Å². The quantitative estimate of drug-likeness (QED) is 0.614. The first-order chi connectivity index (χ1) is 8.36. The van der Waals surface area contributed by atoms with Gasteiger partial charge in [0.2, 0.25) is 0 Å². The Kier molecular flexibility index (Phi) is 2.93. The molecule has 0 amide bonds. The Balaban J connectivity index is 1.97. The Bertz CT molecular complexity index is 631. The summed E-state index contributed by atoms with van der Waals surface area (Å²) in [6.07, 6.45) is 0.905. The van der Waals surface area contributed by atoms with Gasteiger partial charge in [-0.15, -0.1) is 34.0 Å². The molecule has 3 heterocycles. The van der Waals surface area contributed by atoms with Gasteiger partial charge in [0.25, 0.3) is 0 Å². The van der Waals surface area contributed by atoms with Gasteiger partial charge in [-0.25, -0.2) is 0 Å². The highest BCUT2D eigenvalue weighted by Crippen LogP contribution is 2.38. The van der Waals surface area contributed by atoms with Gasteiger partial charge >= 0.3 is 0 Å². The number of rotatable bonds is 3. The van der Waals surface area contributed by atoms with Crippen LogP contribution in [0.4, 0.5) is 0 Å². The molecule has 0 atom stereocenters. The molecule has 0 radical (unpaired) electrons. The van der Waals surface area contributed by atoms with Crippen LogP contribution in [-0.4, -0.2) is 6.29 Å². The van der Waals surface area contributed by atoms with E-state index in [1.54, 1.807) is 34.0 Å². The van der Waals surface area contributed by atoms with Gasteiger partial charge in [0.1, 0.15) is 0 Å². The Labute approximate surface area is 111 Å². The molecule has 0 saturated heterocycles. The highest BCUT2D eigenvalue weighted by Gasteiger charge is 2.07. The molecule has 17 heavy (non-hydrogen) atoms. The summed E-state index contributed by atoms with van der Waals surface area (Å²) in [5, 5.41) is 2.09. The maximum Gasteiger partial charge on any atom is 0.160 e. The van der Waals surface area contributed by atoms with E-state index in [2.05, 4.69) is 29.6 Å². The Morgan fingerprint density at radius 2 is 1.53 bits per heavy atom. The second kappa shape index (κ2) is 4.56. The molecule has 0 aliphatic carbocycles. The van der Waals surface area contributed by atoms with Crippen LogP contribution in [0.15, 0.2) is 41.8 Å². The molecule has 1 nitrogen and oxygen atoms in total. The molecule has 0 saturated carbocycles. The molecular formula is C13H8OS3.